The highest BCUT2D eigenvalue weighted by Crippen LogP contribution is 2.24. The third kappa shape index (κ3) is 3.41. The molecule has 0 radical (unpaired) electrons. The number of nitrogens with zero attached hydrogens (tertiary/aromatic N) is 4. The van der Waals surface area contributed by atoms with Gasteiger partial charge in [0.05, 0.1) is 29.6 Å². The molecule has 0 saturated carbocycles. The minimum Gasteiger partial charge on any atom is -0.490 e. The zero-order chi connectivity index (χ0) is 17.1. The van der Waals surface area contributed by atoms with Crippen LogP contribution in [0.1, 0.15) is 22.5 Å². The maximum atomic E-state index is 12.9. The molecule has 3 rings (SSSR count). The molecule has 0 spiro atoms. The number of hydrogen-bond acceptors (Lipinski definition) is 5. The third-order valence-corrected chi connectivity index (χ3v) is 4.29. The lowest BCUT2D eigenvalue weighted by Gasteiger charge is -2.24. The fraction of sp³-hybridized carbons (Fsp3) is 0.471. The van der Waals surface area contributed by atoms with E-state index in [1.165, 1.54) is 0 Å². The summed E-state index contributed by atoms with van der Waals surface area (Å²) >= 11 is 0. The van der Waals surface area contributed by atoms with E-state index in [1.807, 2.05) is 31.0 Å². The first kappa shape index (κ1) is 16.4. The molecule has 1 aliphatic rings. The Morgan fingerprint density at radius 2 is 2.29 bits per heavy atom. The van der Waals surface area contributed by atoms with Crippen LogP contribution in [0, 0.1) is 6.92 Å². The van der Waals surface area contributed by atoms with Gasteiger partial charge in [-0.2, -0.15) is 5.10 Å². The van der Waals surface area contributed by atoms with Crippen molar-refractivity contribution in [1.29, 1.82) is 0 Å². The van der Waals surface area contributed by atoms with Crippen molar-refractivity contribution < 1.29 is 14.3 Å². The molecule has 0 N–H and O–H groups in total. The smallest absolute Gasteiger partial charge is 0.257 e. The van der Waals surface area contributed by atoms with Gasteiger partial charge in [0, 0.05) is 33.1 Å². The lowest BCUT2D eigenvalue weighted by atomic mass is 10.2. The van der Waals surface area contributed by atoms with Crippen LogP contribution in [0.4, 0.5) is 0 Å². The molecule has 7 heteroatoms. The molecule has 2 aromatic heterocycles. The molecule has 0 aliphatic carbocycles. The standard InChI is InChI=1S/C17H22N4O3/c1-12-16(10-20(2)19-12)17(22)21-9-15(23-3)7-13(21)11-24-14-5-4-6-18-8-14/h4-6,8,10,13,15H,7,9,11H2,1-3H3/t13-,15+/m0/s1. The zero-order valence-corrected chi connectivity index (χ0v) is 14.2. The Balaban J connectivity index is 1.73. The van der Waals surface area contributed by atoms with Crippen LogP contribution in [0.25, 0.3) is 0 Å². The quantitative estimate of drug-likeness (QED) is 0.829. The summed E-state index contributed by atoms with van der Waals surface area (Å²) in [4.78, 5) is 18.8. The van der Waals surface area contributed by atoms with E-state index < -0.39 is 0 Å². The van der Waals surface area contributed by atoms with Crippen LogP contribution < -0.4 is 4.74 Å². The van der Waals surface area contributed by atoms with Crippen molar-refractivity contribution in [3.63, 3.8) is 0 Å². The van der Waals surface area contributed by atoms with Gasteiger partial charge in [-0.1, -0.05) is 0 Å². The van der Waals surface area contributed by atoms with E-state index in [0.717, 1.165) is 12.1 Å². The summed E-state index contributed by atoms with van der Waals surface area (Å²) in [5, 5.41) is 4.26. The average molecular weight is 330 g/mol. The zero-order valence-electron chi connectivity index (χ0n) is 14.2. The summed E-state index contributed by atoms with van der Waals surface area (Å²) < 4.78 is 12.9. The summed E-state index contributed by atoms with van der Waals surface area (Å²) in [6.07, 6.45) is 5.90. The van der Waals surface area contributed by atoms with Gasteiger partial charge in [-0.3, -0.25) is 14.5 Å². The first-order valence-electron chi connectivity index (χ1n) is 7.95. The molecule has 24 heavy (non-hydrogen) atoms. The highest BCUT2D eigenvalue weighted by molar-refractivity contribution is 5.95. The van der Waals surface area contributed by atoms with Crippen LogP contribution in [0.15, 0.2) is 30.7 Å². The van der Waals surface area contributed by atoms with Gasteiger partial charge in [0.1, 0.15) is 12.4 Å². The van der Waals surface area contributed by atoms with Crippen molar-refractivity contribution in [1.82, 2.24) is 19.7 Å². The van der Waals surface area contributed by atoms with Crippen LogP contribution >= 0.6 is 0 Å². The molecule has 7 nitrogen and oxygen atoms in total. The number of carbonyl (C=O) groups is 1. The predicted molar refractivity (Wildman–Crippen MR) is 87.9 cm³/mol. The van der Waals surface area contributed by atoms with Gasteiger partial charge in [0.15, 0.2) is 0 Å². The number of pyridine rings is 1. The largest absolute Gasteiger partial charge is 0.490 e. The Hall–Kier alpha value is -2.41. The number of carbonyl (C=O) groups excluding carboxylic acids is 1. The van der Waals surface area contributed by atoms with Crippen LogP contribution in [0.3, 0.4) is 0 Å². The number of likely N-dealkylation sites (tertiary alicyclic amines) is 1. The van der Waals surface area contributed by atoms with Crippen LogP contribution in [0.2, 0.25) is 0 Å². The molecule has 3 heterocycles. The second-order valence-electron chi connectivity index (χ2n) is 6.01. The predicted octanol–water partition coefficient (Wildman–Crippen LogP) is 1.43. The van der Waals surface area contributed by atoms with Crippen molar-refractivity contribution in [2.75, 3.05) is 20.3 Å². The lowest BCUT2D eigenvalue weighted by Crippen LogP contribution is -2.39. The SMILES string of the molecule is CO[C@@H]1C[C@@H](COc2cccnc2)N(C(=O)c2cn(C)nc2C)C1. The van der Waals surface area contributed by atoms with E-state index >= 15 is 0 Å². The number of aryl methyl sites for hydroxylation is 2. The fourth-order valence-electron chi connectivity index (χ4n) is 3.04. The van der Waals surface area contributed by atoms with E-state index in [0.29, 0.717) is 24.5 Å². The number of methoxy groups -OCH3 is 1. The molecule has 1 amide bonds. The fourth-order valence-corrected chi connectivity index (χ4v) is 3.04. The van der Waals surface area contributed by atoms with Crippen LogP contribution in [0.5, 0.6) is 5.75 Å². The molecular formula is C17H22N4O3. The molecule has 2 aromatic rings. The van der Waals surface area contributed by atoms with Gasteiger partial charge in [-0.05, 0) is 25.5 Å². The van der Waals surface area contributed by atoms with Crippen molar-refractivity contribution >= 4 is 5.91 Å². The minimum atomic E-state index is -0.0396. The van der Waals surface area contributed by atoms with E-state index in [4.69, 9.17) is 9.47 Å². The Labute approximate surface area is 141 Å². The molecule has 1 saturated heterocycles. The monoisotopic (exact) mass is 330 g/mol. The normalized spacial score (nSPS) is 20.4. The van der Waals surface area contributed by atoms with E-state index in [-0.39, 0.29) is 18.1 Å². The summed E-state index contributed by atoms with van der Waals surface area (Å²) in [5.74, 6) is 0.670. The summed E-state index contributed by atoms with van der Waals surface area (Å²) in [6, 6.07) is 3.64. The van der Waals surface area contributed by atoms with Crippen molar-refractivity contribution in [3.8, 4) is 5.75 Å². The van der Waals surface area contributed by atoms with Gasteiger partial charge in [0.2, 0.25) is 0 Å². The molecule has 1 aliphatic heterocycles. The first-order chi connectivity index (χ1) is 11.6. The topological polar surface area (TPSA) is 69.5 Å². The maximum absolute atomic E-state index is 12.9. The number of hydrogen-bond donors (Lipinski definition) is 0. The molecule has 2 atom stereocenters. The Morgan fingerprint density at radius 3 is 2.92 bits per heavy atom. The Kier molecular flexibility index (Phi) is 4.80. The van der Waals surface area contributed by atoms with E-state index in [1.54, 1.807) is 30.4 Å². The summed E-state index contributed by atoms with van der Waals surface area (Å²) in [6.45, 7) is 2.82. The van der Waals surface area contributed by atoms with E-state index in [2.05, 4.69) is 10.1 Å². The van der Waals surface area contributed by atoms with Crippen LogP contribution in [-0.4, -0.2) is 58.0 Å². The third-order valence-electron chi connectivity index (χ3n) is 4.29. The molecule has 1 fully saturated rings. The van der Waals surface area contributed by atoms with Gasteiger partial charge in [-0.15, -0.1) is 0 Å². The van der Waals surface area contributed by atoms with Crippen molar-refractivity contribution in [2.45, 2.75) is 25.5 Å². The van der Waals surface area contributed by atoms with Gasteiger partial charge in [-0.25, -0.2) is 0 Å². The average Bonchev–Trinajstić information content (AvgIpc) is 3.16. The molecule has 0 bridgehead atoms. The molecule has 128 valence electrons. The van der Waals surface area contributed by atoms with Gasteiger partial charge >= 0.3 is 0 Å². The number of rotatable bonds is 5. The minimum absolute atomic E-state index is 0.0217. The number of ether oxygens (including phenoxy) is 2. The van der Waals surface area contributed by atoms with Gasteiger partial charge < -0.3 is 14.4 Å². The van der Waals surface area contributed by atoms with Crippen LogP contribution in [-0.2, 0) is 11.8 Å². The first-order valence-corrected chi connectivity index (χ1v) is 7.95. The summed E-state index contributed by atoms with van der Waals surface area (Å²) in [5.41, 5.74) is 1.36. The Morgan fingerprint density at radius 1 is 1.46 bits per heavy atom. The Bertz CT molecular complexity index is 701. The van der Waals surface area contributed by atoms with E-state index in [9.17, 15) is 4.79 Å². The van der Waals surface area contributed by atoms with Crippen molar-refractivity contribution in [3.05, 3.63) is 42.0 Å². The number of amides is 1. The molecular weight excluding hydrogens is 308 g/mol. The highest BCUT2D eigenvalue weighted by Gasteiger charge is 2.37. The van der Waals surface area contributed by atoms with Crippen molar-refractivity contribution in [2.24, 2.45) is 7.05 Å². The summed E-state index contributed by atoms with van der Waals surface area (Å²) in [7, 11) is 3.49. The maximum Gasteiger partial charge on any atom is 0.257 e. The molecule has 0 unspecified atom stereocenters. The lowest BCUT2D eigenvalue weighted by molar-refractivity contribution is 0.0657. The second-order valence-corrected chi connectivity index (χ2v) is 6.01. The number of aromatic nitrogens is 3. The highest BCUT2D eigenvalue weighted by atomic mass is 16.5. The second kappa shape index (κ2) is 7.00. The van der Waals surface area contributed by atoms with Gasteiger partial charge in [0.25, 0.3) is 5.91 Å². The molecule has 0 aromatic carbocycles.